The lowest BCUT2D eigenvalue weighted by atomic mass is 10.0. The predicted octanol–water partition coefficient (Wildman–Crippen LogP) is 5.21. The molecule has 0 radical (unpaired) electrons. The number of hydrogen-bond donors (Lipinski definition) is 1. The molecule has 1 unspecified atom stereocenters. The van der Waals surface area contributed by atoms with Crippen LogP contribution < -0.4 is 5.73 Å². The van der Waals surface area contributed by atoms with E-state index in [1.54, 1.807) is 0 Å². The summed E-state index contributed by atoms with van der Waals surface area (Å²) in [4.78, 5) is 0. The van der Waals surface area contributed by atoms with Gasteiger partial charge in [-0.1, -0.05) is 45.7 Å². The van der Waals surface area contributed by atoms with E-state index in [0.717, 1.165) is 32.3 Å². The van der Waals surface area contributed by atoms with Gasteiger partial charge in [-0.2, -0.15) is 0 Å². The molecule has 2 aromatic carbocycles. The molecule has 1 atom stereocenters. The quantitative estimate of drug-likeness (QED) is 0.689. The second-order valence-corrected chi connectivity index (χ2v) is 6.02. The van der Waals surface area contributed by atoms with Crippen molar-refractivity contribution in [1.29, 1.82) is 0 Å². The summed E-state index contributed by atoms with van der Waals surface area (Å²) in [7, 11) is 0. The smallest absolute Gasteiger partial charge is 0.134 e. The van der Waals surface area contributed by atoms with Gasteiger partial charge in [0.05, 0.1) is 6.04 Å². The Kier molecular flexibility index (Phi) is 3.59. The van der Waals surface area contributed by atoms with Gasteiger partial charge in [0.1, 0.15) is 11.3 Å². The third kappa shape index (κ3) is 2.37. The lowest BCUT2D eigenvalue weighted by Gasteiger charge is -2.12. The molecule has 2 nitrogen and oxygen atoms in total. The van der Waals surface area contributed by atoms with Crippen molar-refractivity contribution in [3.63, 3.8) is 0 Å². The van der Waals surface area contributed by atoms with Gasteiger partial charge in [-0.05, 0) is 42.3 Å². The molecule has 20 heavy (non-hydrogen) atoms. The van der Waals surface area contributed by atoms with Crippen molar-refractivity contribution in [3.8, 4) is 0 Å². The average molecular weight is 351 g/mol. The van der Waals surface area contributed by atoms with E-state index in [9.17, 15) is 0 Å². The van der Waals surface area contributed by atoms with Crippen molar-refractivity contribution in [2.75, 3.05) is 0 Å². The van der Waals surface area contributed by atoms with E-state index >= 15 is 0 Å². The van der Waals surface area contributed by atoms with Gasteiger partial charge >= 0.3 is 0 Å². The Morgan fingerprint density at radius 2 is 2.00 bits per heavy atom. The summed E-state index contributed by atoms with van der Waals surface area (Å²) in [5.41, 5.74) is 9.29. The molecule has 0 aliphatic heterocycles. The molecule has 0 spiro atoms. The molecule has 1 aromatic heterocycles. The average Bonchev–Trinajstić information content (AvgIpc) is 2.84. The summed E-state index contributed by atoms with van der Waals surface area (Å²) in [6.45, 7) is 2.04. The maximum Gasteiger partial charge on any atom is 0.134 e. The molecule has 0 fully saturated rings. The largest absolute Gasteiger partial charge is 0.459 e. The molecule has 0 amide bonds. The first-order valence-electron chi connectivity index (χ1n) is 6.26. The predicted molar refractivity (Wildman–Crippen MR) is 86.1 cm³/mol. The zero-order chi connectivity index (χ0) is 14.3. The van der Waals surface area contributed by atoms with Crippen LogP contribution in [0.2, 0.25) is 5.02 Å². The number of halogens is 2. The molecular formula is C16H13BrClNO. The lowest BCUT2D eigenvalue weighted by molar-refractivity contribution is 0.524. The van der Waals surface area contributed by atoms with E-state index in [1.807, 2.05) is 49.4 Å². The van der Waals surface area contributed by atoms with Gasteiger partial charge < -0.3 is 10.2 Å². The summed E-state index contributed by atoms with van der Waals surface area (Å²) >= 11 is 9.58. The Balaban J connectivity index is 2.08. The van der Waals surface area contributed by atoms with Crippen LogP contribution in [0.25, 0.3) is 11.0 Å². The van der Waals surface area contributed by atoms with E-state index < -0.39 is 0 Å². The van der Waals surface area contributed by atoms with Crippen LogP contribution >= 0.6 is 27.5 Å². The minimum absolute atomic E-state index is 0.310. The summed E-state index contributed by atoms with van der Waals surface area (Å²) in [6, 6.07) is 13.2. The topological polar surface area (TPSA) is 39.2 Å². The van der Waals surface area contributed by atoms with Crippen LogP contribution in [0.3, 0.4) is 0 Å². The Hall–Kier alpha value is -1.29. The molecular weight excluding hydrogens is 338 g/mol. The Morgan fingerprint density at radius 1 is 1.20 bits per heavy atom. The van der Waals surface area contributed by atoms with E-state index in [1.165, 1.54) is 0 Å². The second kappa shape index (κ2) is 5.24. The van der Waals surface area contributed by atoms with Crippen LogP contribution in [0, 0.1) is 6.92 Å². The summed E-state index contributed by atoms with van der Waals surface area (Å²) in [5, 5.41) is 1.65. The summed E-state index contributed by atoms with van der Waals surface area (Å²) in [6.07, 6.45) is 0. The van der Waals surface area contributed by atoms with E-state index in [0.29, 0.717) is 5.02 Å². The van der Waals surface area contributed by atoms with E-state index in [4.69, 9.17) is 21.8 Å². The van der Waals surface area contributed by atoms with Crippen molar-refractivity contribution in [3.05, 3.63) is 68.8 Å². The minimum atomic E-state index is -0.310. The summed E-state index contributed by atoms with van der Waals surface area (Å²) < 4.78 is 6.85. The van der Waals surface area contributed by atoms with Gasteiger partial charge in [-0.15, -0.1) is 0 Å². The fraction of sp³-hybridized carbons (Fsp3) is 0.125. The third-order valence-electron chi connectivity index (χ3n) is 3.36. The molecule has 3 aromatic rings. The van der Waals surface area contributed by atoms with Gasteiger partial charge in [0.2, 0.25) is 0 Å². The summed E-state index contributed by atoms with van der Waals surface area (Å²) in [5.74, 6) is 0.730. The molecule has 0 aliphatic carbocycles. The molecule has 2 N–H and O–H groups in total. The normalized spacial score (nSPS) is 12.8. The maximum absolute atomic E-state index is 6.33. The highest BCUT2D eigenvalue weighted by molar-refractivity contribution is 9.10. The molecule has 0 aliphatic rings. The molecule has 1 heterocycles. The van der Waals surface area contributed by atoms with Gasteiger partial charge in [0.15, 0.2) is 0 Å². The van der Waals surface area contributed by atoms with Crippen LogP contribution in [0.5, 0.6) is 0 Å². The Morgan fingerprint density at radius 3 is 2.80 bits per heavy atom. The number of aryl methyl sites for hydroxylation is 1. The van der Waals surface area contributed by atoms with Crippen molar-refractivity contribution in [2.24, 2.45) is 5.73 Å². The van der Waals surface area contributed by atoms with Crippen molar-refractivity contribution in [1.82, 2.24) is 0 Å². The fourth-order valence-electron chi connectivity index (χ4n) is 2.25. The van der Waals surface area contributed by atoms with Crippen molar-refractivity contribution in [2.45, 2.75) is 13.0 Å². The second-order valence-electron chi connectivity index (χ2n) is 4.79. The molecule has 3 rings (SSSR count). The number of hydrogen-bond acceptors (Lipinski definition) is 2. The van der Waals surface area contributed by atoms with Crippen LogP contribution in [0.4, 0.5) is 0 Å². The van der Waals surface area contributed by atoms with Crippen molar-refractivity contribution < 1.29 is 4.42 Å². The monoisotopic (exact) mass is 349 g/mol. The molecule has 0 saturated carbocycles. The number of furan rings is 1. The number of benzene rings is 2. The Bertz CT molecular complexity index is 781. The molecule has 0 bridgehead atoms. The van der Waals surface area contributed by atoms with Crippen molar-refractivity contribution >= 4 is 38.5 Å². The molecule has 4 heteroatoms. The van der Waals surface area contributed by atoms with Gasteiger partial charge in [0, 0.05) is 14.9 Å². The maximum atomic E-state index is 6.33. The number of rotatable bonds is 2. The van der Waals surface area contributed by atoms with Crippen LogP contribution in [0.1, 0.15) is 22.9 Å². The zero-order valence-corrected chi connectivity index (χ0v) is 13.2. The third-order valence-corrected chi connectivity index (χ3v) is 4.68. The first-order valence-corrected chi connectivity index (χ1v) is 7.43. The fourth-order valence-corrected chi connectivity index (χ4v) is 2.94. The van der Waals surface area contributed by atoms with Gasteiger partial charge in [-0.25, -0.2) is 0 Å². The number of nitrogens with two attached hydrogens (primary N) is 1. The van der Waals surface area contributed by atoms with E-state index in [2.05, 4.69) is 15.9 Å². The van der Waals surface area contributed by atoms with Gasteiger partial charge in [0.25, 0.3) is 0 Å². The zero-order valence-electron chi connectivity index (χ0n) is 10.9. The molecule has 0 saturated heterocycles. The van der Waals surface area contributed by atoms with E-state index in [-0.39, 0.29) is 6.04 Å². The minimum Gasteiger partial charge on any atom is -0.459 e. The van der Waals surface area contributed by atoms with Crippen LogP contribution in [0.15, 0.2) is 51.4 Å². The lowest BCUT2D eigenvalue weighted by Crippen LogP contribution is -2.11. The molecule has 102 valence electrons. The van der Waals surface area contributed by atoms with Gasteiger partial charge in [-0.3, -0.25) is 0 Å². The highest BCUT2D eigenvalue weighted by Gasteiger charge is 2.17. The number of fused-ring (bicyclic) bond motifs is 1. The first-order chi connectivity index (χ1) is 9.56. The standard InChI is InChI=1S/C16H13BrClNO/c1-9-3-2-4-12(15(9)17)16(19)14-8-10-7-11(18)5-6-13(10)20-14/h2-8,16H,19H2,1H3. The Labute approximate surface area is 130 Å². The first kappa shape index (κ1) is 13.7. The van der Waals surface area contributed by atoms with Crippen LogP contribution in [-0.2, 0) is 0 Å². The highest BCUT2D eigenvalue weighted by atomic mass is 79.9. The van der Waals surface area contributed by atoms with Crippen LogP contribution in [-0.4, -0.2) is 0 Å². The highest BCUT2D eigenvalue weighted by Crippen LogP contribution is 2.32. The SMILES string of the molecule is Cc1cccc(C(N)c2cc3cc(Cl)ccc3o2)c1Br.